The number of anilines is 1. The van der Waals surface area contributed by atoms with E-state index in [4.69, 9.17) is 0 Å². The first-order chi connectivity index (χ1) is 11.6. The van der Waals surface area contributed by atoms with Crippen molar-refractivity contribution in [3.05, 3.63) is 72.1 Å². The molecular formula is C18H21N5O. The van der Waals surface area contributed by atoms with E-state index in [1.54, 1.807) is 6.20 Å². The van der Waals surface area contributed by atoms with Gasteiger partial charge in [-0.1, -0.05) is 12.1 Å². The van der Waals surface area contributed by atoms with E-state index in [0.717, 1.165) is 29.2 Å². The van der Waals surface area contributed by atoms with E-state index in [0.29, 0.717) is 6.54 Å². The van der Waals surface area contributed by atoms with Crippen molar-refractivity contribution in [2.75, 3.05) is 5.32 Å². The van der Waals surface area contributed by atoms with Gasteiger partial charge in [0.2, 0.25) is 0 Å². The van der Waals surface area contributed by atoms with Crippen LogP contribution < -0.4 is 10.6 Å². The fourth-order valence-corrected chi connectivity index (χ4v) is 2.48. The van der Waals surface area contributed by atoms with Crippen LogP contribution >= 0.6 is 0 Å². The predicted octanol–water partition coefficient (Wildman–Crippen LogP) is 2.90. The molecule has 2 N–H and O–H groups in total. The van der Waals surface area contributed by atoms with Gasteiger partial charge in [-0.25, -0.2) is 9.78 Å². The number of nitrogens with one attached hydrogen (secondary N) is 2. The van der Waals surface area contributed by atoms with Gasteiger partial charge in [0.05, 0.1) is 0 Å². The Hall–Kier alpha value is -3.02. The molecule has 0 fully saturated rings. The van der Waals surface area contributed by atoms with Gasteiger partial charge in [-0.15, -0.1) is 0 Å². The molecule has 3 rings (SSSR count). The summed E-state index contributed by atoms with van der Waals surface area (Å²) < 4.78 is 4.03. The van der Waals surface area contributed by atoms with Crippen LogP contribution in [0.25, 0.3) is 0 Å². The number of rotatable bonds is 5. The van der Waals surface area contributed by atoms with Crippen molar-refractivity contribution in [1.82, 2.24) is 19.4 Å². The van der Waals surface area contributed by atoms with Crippen LogP contribution in [0.1, 0.15) is 17.0 Å². The molecule has 0 aliphatic carbocycles. The maximum atomic E-state index is 11.9. The molecule has 0 atom stereocenters. The Labute approximate surface area is 141 Å². The number of nitrogens with zero attached hydrogens (tertiary/aromatic N) is 3. The lowest BCUT2D eigenvalue weighted by molar-refractivity contribution is 0.251. The van der Waals surface area contributed by atoms with Gasteiger partial charge in [-0.3, -0.25) is 0 Å². The van der Waals surface area contributed by atoms with E-state index < -0.39 is 0 Å². The molecule has 3 aromatic rings. The van der Waals surface area contributed by atoms with Crippen LogP contribution in [-0.2, 0) is 20.1 Å². The summed E-state index contributed by atoms with van der Waals surface area (Å²) in [5.74, 6) is 0.984. The van der Waals surface area contributed by atoms with Crippen molar-refractivity contribution in [3.63, 3.8) is 0 Å². The van der Waals surface area contributed by atoms with Crippen LogP contribution in [0.4, 0.5) is 10.5 Å². The lowest BCUT2D eigenvalue weighted by atomic mass is 10.2. The predicted molar refractivity (Wildman–Crippen MR) is 93.8 cm³/mol. The molecule has 0 saturated heterocycles. The maximum Gasteiger partial charge on any atom is 0.319 e. The SMILES string of the molecule is Cc1nccn1Cc1ccc(NC(=O)NCc2ccn(C)c2)cc1. The topological polar surface area (TPSA) is 63.9 Å². The highest BCUT2D eigenvalue weighted by Gasteiger charge is 2.03. The average molecular weight is 323 g/mol. The van der Waals surface area contributed by atoms with Crippen molar-refractivity contribution in [1.29, 1.82) is 0 Å². The highest BCUT2D eigenvalue weighted by molar-refractivity contribution is 5.89. The summed E-state index contributed by atoms with van der Waals surface area (Å²) in [6.45, 7) is 3.25. The van der Waals surface area contributed by atoms with Crippen LogP contribution in [-0.4, -0.2) is 20.1 Å². The Morgan fingerprint density at radius 3 is 2.54 bits per heavy atom. The van der Waals surface area contributed by atoms with Gasteiger partial charge < -0.3 is 19.8 Å². The summed E-state index contributed by atoms with van der Waals surface area (Å²) in [6.07, 6.45) is 7.68. The minimum atomic E-state index is -0.211. The van der Waals surface area contributed by atoms with Gasteiger partial charge >= 0.3 is 6.03 Å². The Balaban J connectivity index is 1.52. The van der Waals surface area contributed by atoms with Crippen LogP contribution in [0.15, 0.2) is 55.1 Å². The minimum Gasteiger partial charge on any atom is -0.357 e. The third-order valence-corrected chi connectivity index (χ3v) is 3.83. The molecule has 2 heterocycles. The Morgan fingerprint density at radius 1 is 1.12 bits per heavy atom. The fraction of sp³-hybridized carbons (Fsp3) is 0.222. The molecule has 2 aromatic heterocycles. The average Bonchev–Trinajstić information content (AvgIpc) is 3.16. The first-order valence-electron chi connectivity index (χ1n) is 7.82. The number of aromatic nitrogens is 3. The zero-order valence-electron chi connectivity index (χ0n) is 13.9. The van der Waals surface area contributed by atoms with Gasteiger partial charge in [-0.2, -0.15) is 0 Å². The highest BCUT2D eigenvalue weighted by Crippen LogP contribution is 2.11. The molecule has 0 aliphatic rings. The number of aryl methyl sites for hydroxylation is 2. The van der Waals surface area contributed by atoms with Crippen molar-refractivity contribution in [2.24, 2.45) is 7.05 Å². The van der Waals surface area contributed by atoms with Gasteiger partial charge in [0.25, 0.3) is 0 Å². The summed E-state index contributed by atoms with van der Waals surface area (Å²) in [7, 11) is 1.95. The second-order valence-corrected chi connectivity index (χ2v) is 5.79. The minimum absolute atomic E-state index is 0.211. The van der Waals surface area contributed by atoms with E-state index in [9.17, 15) is 4.79 Å². The lowest BCUT2D eigenvalue weighted by Crippen LogP contribution is -2.28. The molecule has 0 radical (unpaired) electrons. The molecular weight excluding hydrogens is 302 g/mol. The summed E-state index contributed by atoms with van der Waals surface area (Å²) in [5, 5.41) is 5.68. The van der Waals surface area contributed by atoms with Crippen LogP contribution in [0, 0.1) is 6.92 Å². The summed E-state index contributed by atoms with van der Waals surface area (Å²) in [5.41, 5.74) is 3.00. The number of carbonyl (C=O) groups is 1. The van der Waals surface area contributed by atoms with Crippen LogP contribution in [0.3, 0.4) is 0 Å². The molecule has 0 saturated carbocycles. The Bertz CT molecular complexity index is 816. The molecule has 0 aliphatic heterocycles. The molecule has 1 aromatic carbocycles. The molecule has 0 unspecified atom stereocenters. The number of amides is 2. The third kappa shape index (κ3) is 4.04. The first kappa shape index (κ1) is 15.9. The van der Waals surface area contributed by atoms with Crippen molar-refractivity contribution in [2.45, 2.75) is 20.0 Å². The third-order valence-electron chi connectivity index (χ3n) is 3.83. The molecule has 2 amide bonds. The van der Waals surface area contributed by atoms with E-state index >= 15 is 0 Å². The smallest absolute Gasteiger partial charge is 0.319 e. The second kappa shape index (κ2) is 7.04. The number of urea groups is 1. The van der Waals surface area contributed by atoms with Crippen molar-refractivity contribution >= 4 is 11.7 Å². The first-order valence-corrected chi connectivity index (χ1v) is 7.82. The Kier molecular flexibility index (Phi) is 4.65. The molecule has 0 spiro atoms. The summed E-state index contributed by atoms with van der Waals surface area (Å²) in [4.78, 5) is 16.1. The van der Waals surface area contributed by atoms with Crippen LogP contribution in [0.5, 0.6) is 0 Å². The van der Waals surface area contributed by atoms with Gasteiger partial charge in [0.15, 0.2) is 0 Å². The molecule has 24 heavy (non-hydrogen) atoms. The van der Waals surface area contributed by atoms with E-state index in [2.05, 4.69) is 20.2 Å². The summed E-state index contributed by atoms with van der Waals surface area (Å²) in [6, 6.07) is 9.59. The highest BCUT2D eigenvalue weighted by atomic mass is 16.2. The van der Waals surface area contributed by atoms with E-state index in [1.807, 2.05) is 67.5 Å². The Morgan fingerprint density at radius 2 is 1.92 bits per heavy atom. The quantitative estimate of drug-likeness (QED) is 0.758. The summed E-state index contributed by atoms with van der Waals surface area (Å²) >= 11 is 0. The molecule has 0 bridgehead atoms. The molecule has 6 nitrogen and oxygen atoms in total. The number of hydrogen-bond acceptors (Lipinski definition) is 2. The maximum absolute atomic E-state index is 11.9. The number of imidazole rings is 1. The molecule has 6 heteroatoms. The van der Waals surface area contributed by atoms with E-state index in [1.165, 1.54) is 0 Å². The lowest BCUT2D eigenvalue weighted by Gasteiger charge is -2.09. The van der Waals surface area contributed by atoms with Gasteiger partial charge in [0, 0.05) is 50.6 Å². The van der Waals surface area contributed by atoms with Gasteiger partial charge in [-0.05, 0) is 36.2 Å². The van der Waals surface area contributed by atoms with Crippen LogP contribution in [0.2, 0.25) is 0 Å². The van der Waals surface area contributed by atoms with Gasteiger partial charge in [0.1, 0.15) is 5.82 Å². The number of benzene rings is 1. The van der Waals surface area contributed by atoms with Crippen molar-refractivity contribution < 1.29 is 4.79 Å². The van der Waals surface area contributed by atoms with E-state index in [-0.39, 0.29) is 6.03 Å². The van der Waals surface area contributed by atoms with Crippen molar-refractivity contribution in [3.8, 4) is 0 Å². The molecule has 124 valence electrons. The second-order valence-electron chi connectivity index (χ2n) is 5.79. The number of hydrogen-bond donors (Lipinski definition) is 2. The zero-order valence-corrected chi connectivity index (χ0v) is 13.9. The largest absolute Gasteiger partial charge is 0.357 e. The standard InChI is InChI=1S/C18H21N5O/c1-14-19-8-10-23(14)13-15-3-5-17(6-4-15)21-18(24)20-11-16-7-9-22(2)12-16/h3-10,12H,11,13H2,1-2H3,(H2,20,21,24). The number of carbonyl (C=O) groups excluding carboxylic acids is 1. The fourth-order valence-electron chi connectivity index (χ4n) is 2.48. The zero-order chi connectivity index (χ0) is 16.9. The monoisotopic (exact) mass is 323 g/mol. The normalized spacial score (nSPS) is 10.6.